The minimum atomic E-state index is 0.300. The highest BCUT2D eigenvalue weighted by molar-refractivity contribution is 5.39. The molecule has 0 spiro atoms. The van der Waals surface area contributed by atoms with E-state index in [1.807, 2.05) is 7.05 Å². The highest BCUT2D eigenvalue weighted by atomic mass is 16.5. The Hall–Kier alpha value is -0.860. The average Bonchev–Trinajstić information content (AvgIpc) is 2.70. The van der Waals surface area contributed by atoms with E-state index in [4.69, 9.17) is 4.74 Å². The maximum absolute atomic E-state index is 6.25. The molecule has 0 aliphatic heterocycles. The molecule has 2 nitrogen and oxygen atoms in total. The van der Waals surface area contributed by atoms with Crippen molar-refractivity contribution in [3.8, 4) is 0 Å². The summed E-state index contributed by atoms with van der Waals surface area (Å²) in [7, 11) is 2.04. The Kier molecular flexibility index (Phi) is 6.25. The number of rotatable bonds is 5. The molecule has 2 rings (SSSR count). The van der Waals surface area contributed by atoms with Crippen LogP contribution in [-0.2, 0) is 4.74 Å². The molecule has 1 saturated carbocycles. The van der Waals surface area contributed by atoms with Gasteiger partial charge in [-0.3, -0.25) is 0 Å². The van der Waals surface area contributed by atoms with E-state index in [9.17, 15) is 0 Å². The third kappa shape index (κ3) is 4.55. The van der Waals surface area contributed by atoms with Gasteiger partial charge in [0, 0.05) is 0 Å². The summed E-state index contributed by atoms with van der Waals surface area (Å²) in [6.45, 7) is 7.38. The van der Waals surface area contributed by atoms with E-state index in [1.165, 1.54) is 60.8 Å². The summed E-state index contributed by atoms with van der Waals surface area (Å²) in [5, 5.41) is 3.45. The molecule has 21 heavy (non-hydrogen) atoms. The molecule has 1 aliphatic rings. The second-order valence-corrected chi connectivity index (χ2v) is 6.60. The number of nitrogens with one attached hydrogen (secondary N) is 1. The van der Waals surface area contributed by atoms with Crippen LogP contribution in [0.4, 0.5) is 0 Å². The maximum Gasteiger partial charge on any atom is 0.0665 e. The van der Waals surface area contributed by atoms with Gasteiger partial charge in [0.2, 0.25) is 0 Å². The minimum absolute atomic E-state index is 0.300. The molecule has 1 fully saturated rings. The van der Waals surface area contributed by atoms with Gasteiger partial charge in [0.1, 0.15) is 0 Å². The van der Waals surface area contributed by atoms with E-state index in [2.05, 4.69) is 38.2 Å². The van der Waals surface area contributed by atoms with Gasteiger partial charge in [-0.05, 0) is 57.4 Å². The molecular weight excluding hydrogens is 258 g/mol. The standard InChI is InChI=1S/C19H31NO/c1-14-11-15(2)19(16(3)12-14)18(20-4)13-21-17-9-7-5-6-8-10-17/h11-12,17-18,20H,5-10,13H2,1-4H3. The molecule has 1 unspecified atom stereocenters. The molecule has 0 heterocycles. The molecule has 0 aromatic heterocycles. The van der Waals surface area contributed by atoms with Gasteiger partial charge in [0.05, 0.1) is 18.8 Å². The summed E-state index contributed by atoms with van der Waals surface area (Å²) in [6.07, 6.45) is 8.37. The lowest BCUT2D eigenvalue weighted by Gasteiger charge is -2.24. The van der Waals surface area contributed by atoms with Crippen molar-refractivity contribution in [1.82, 2.24) is 5.32 Å². The maximum atomic E-state index is 6.25. The first-order valence-electron chi connectivity index (χ1n) is 8.48. The van der Waals surface area contributed by atoms with Gasteiger partial charge in [-0.2, -0.15) is 0 Å². The quantitative estimate of drug-likeness (QED) is 0.799. The Balaban J connectivity index is 2.02. The highest BCUT2D eigenvalue weighted by Crippen LogP contribution is 2.26. The summed E-state index contributed by atoms with van der Waals surface area (Å²) < 4.78 is 6.25. The van der Waals surface area contributed by atoms with Crippen LogP contribution in [0.15, 0.2) is 12.1 Å². The van der Waals surface area contributed by atoms with Crippen LogP contribution in [0.3, 0.4) is 0 Å². The van der Waals surface area contributed by atoms with Crippen molar-refractivity contribution < 1.29 is 4.74 Å². The molecule has 1 aliphatic carbocycles. The average molecular weight is 289 g/mol. The smallest absolute Gasteiger partial charge is 0.0665 e. The third-order valence-corrected chi connectivity index (χ3v) is 4.74. The number of ether oxygens (including phenoxy) is 1. The van der Waals surface area contributed by atoms with Crippen molar-refractivity contribution in [1.29, 1.82) is 0 Å². The predicted molar refractivity (Wildman–Crippen MR) is 89.9 cm³/mol. The van der Waals surface area contributed by atoms with E-state index in [1.54, 1.807) is 0 Å². The van der Waals surface area contributed by atoms with Crippen LogP contribution in [0.1, 0.15) is 66.8 Å². The zero-order valence-corrected chi connectivity index (χ0v) is 14.2. The van der Waals surface area contributed by atoms with Crippen LogP contribution < -0.4 is 5.32 Å². The number of likely N-dealkylation sites (N-methyl/N-ethyl adjacent to an activating group) is 1. The topological polar surface area (TPSA) is 21.3 Å². The lowest BCUT2D eigenvalue weighted by molar-refractivity contribution is 0.0298. The van der Waals surface area contributed by atoms with Crippen LogP contribution in [0.25, 0.3) is 0 Å². The second kappa shape index (κ2) is 7.95. The van der Waals surface area contributed by atoms with E-state index < -0.39 is 0 Å². The fourth-order valence-electron chi connectivity index (χ4n) is 3.69. The van der Waals surface area contributed by atoms with Gasteiger partial charge in [0.15, 0.2) is 0 Å². The van der Waals surface area contributed by atoms with Crippen molar-refractivity contribution >= 4 is 0 Å². The number of hydrogen-bond acceptors (Lipinski definition) is 2. The van der Waals surface area contributed by atoms with Crippen LogP contribution >= 0.6 is 0 Å². The molecule has 1 N–H and O–H groups in total. The number of aryl methyl sites for hydroxylation is 3. The molecule has 1 aromatic rings. The number of benzene rings is 1. The second-order valence-electron chi connectivity index (χ2n) is 6.60. The van der Waals surface area contributed by atoms with Crippen LogP contribution in [-0.4, -0.2) is 19.8 Å². The van der Waals surface area contributed by atoms with Gasteiger partial charge < -0.3 is 10.1 Å². The van der Waals surface area contributed by atoms with Crippen molar-refractivity contribution in [3.05, 3.63) is 34.4 Å². The SMILES string of the molecule is CNC(COC1CCCCCC1)c1c(C)cc(C)cc1C. The molecule has 1 aromatic carbocycles. The lowest BCUT2D eigenvalue weighted by atomic mass is 9.94. The summed E-state index contributed by atoms with van der Waals surface area (Å²) in [5.41, 5.74) is 5.50. The van der Waals surface area contributed by atoms with Gasteiger partial charge >= 0.3 is 0 Å². The van der Waals surface area contributed by atoms with Gasteiger partial charge in [-0.25, -0.2) is 0 Å². The van der Waals surface area contributed by atoms with Crippen LogP contribution in [0.5, 0.6) is 0 Å². The molecule has 0 saturated heterocycles. The number of hydrogen-bond donors (Lipinski definition) is 1. The van der Waals surface area contributed by atoms with Crippen molar-refractivity contribution in [3.63, 3.8) is 0 Å². The fraction of sp³-hybridized carbons (Fsp3) is 0.684. The summed E-state index contributed by atoms with van der Waals surface area (Å²) in [6, 6.07) is 4.85. The van der Waals surface area contributed by atoms with Gasteiger partial charge in [-0.1, -0.05) is 43.4 Å². The lowest BCUT2D eigenvalue weighted by Crippen LogP contribution is -2.26. The minimum Gasteiger partial charge on any atom is -0.376 e. The van der Waals surface area contributed by atoms with Crippen molar-refractivity contribution in [2.75, 3.05) is 13.7 Å². The normalized spacial score (nSPS) is 18.5. The summed E-state index contributed by atoms with van der Waals surface area (Å²) in [5.74, 6) is 0. The first kappa shape index (κ1) is 16.5. The van der Waals surface area contributed by atoms with E-state index >= 15 is 0 Å². The molecule has 1 atom stereocenters. The zero-order chi connectivity index (χ0) is 15.2. The van der Waals surface area contributed by atoms with Crippen LogP contribution in [0.2, 0.25) is 0 Å². The molecular formula is C19H31NO. The largest absolute Gasteiger partial charge is 0.376 e. The van der Waals surface area contributed by atoms with E-state index in [-0.39, 0.29) is 0 Å². The van der Waals surface area contributed by atoms with E-state index in [0.717, 1.165) is 6.61 Å². The molecule has 0 amide bonds. The Bertz CT molecular complexity index is 424. The molecule has 2 heteroatoms. The first-order chi connectivity index (χ1) is 10.1. The van der Waals surface area contributed by atoms with Crippen molar-refractivity contribution in [2.45, 2.75) is 71.4 Å². The molecule has 118 valence electrons. The summed E-state index contributed by atoms with van der Waals surface area (Å²) >= 11 is 0. The monoisotopic (exact) mass is 289 g/mol. The Labute approximate surface area is 130 Å². The third-order valence-electron chi connectivity index (χ3n) is 4.74. The van der Waals surface area contributed by atoms with Crippen LogP contribution in [0, 0.1) is 20.8 Å². The predicted octanol–water partition coefficient (Wildman–Crippen LogP) is 4.61. The van der Waals surface area contributed by atoms with Crippen molar-refractivity contribution in [2.24, 2.45) is 0 Å². The van der Waals surface area contributed by atoms with Gasteiger partial charge in [-0.15, -0.1) is 0 Å². The highest BCUT2D eigenvalue weighted by Gasteiger charge is 2.18. The van der Waals surface area contributed by atoms with Gasteiger partial charge in [0.25, 0.3) is 0 Å². The first-order valence-corrected chi connectivity index (χ1v) is 8.48. The fourth-order valence-corrected chi connectivity index (χ4v) is 3.69. The Morgan fingerprint density at radius 3 is 2.14 bits per heavy atom. The molecule has 0 bridgehead atoms. The summed E-state index contributed by atoms with van der Waals surface area (Å²) in [4.78, 5) is 0. The molecule has 0 radical (unpaired) electrons. The Morgan fingerprint density at radius 1 is 1.05 bits per heavy atom. The van der Waals surface area contributed by atoms with E-state index in [0.29, 0.717) is 12.1 Å². The zero-order valence-electron chi connectivity index (χ0n) is 14.2. The Morgan fingerprint density at radius 2 is 1.62 bits per heavy atom.